The molecule has 5 nitrogen and oxygen atoms in total. The highest BCUT2D eigenvalue weighted by Crippen LogP contribution is 2.42. The van der Waals surface area contributed by atoms with Crippen molar-refractivity contribution in [3.05, 3.63) is 47.0 Å². The summed E-state index contributed by atoms with van der Waals surface area (Å²) >= 11 is 6.05. The molecule has 1 aliphatic heterocycles. The molecular formula is C16H11ClN2O3. The van der Waals surface area contributed by atoms with Crippen LogP contribution in [0.15, 0.2) is 36.4 Å². The Morgan fingerprint density at radius 2 is 2.09 bits per heavy atom. The van der Waals surface area contributed by atoms with E-state index in [1.54, 1.807) is 36.4 Å². The molecule has 0 fully saturated rings. The first-order valence-electron chi connectivity index (χ1n) is 6.47. The van der Waals surface area contributed by atoms with E-state index in [1.165, 1.54) is 12.0 Å². The Morgan fingerprint density at radius 3 is 2.82 bits per heavy atom. The highest BCUT2D eigenvalue weighted by Gasteiger charge is 2.29. The van der Waals surface area contributed by atoms with E-state index in [9.17, 15) is 4.79 Å². The van der Waals surface area contributed by atoms with Crippen molar-refractivity contribution in [2.75, 3.05) is 18.6 Å². The molecule has 2 aromatic carbocycles. The van der Waals surface area contributed by atoms with Crippen LogP contribution in [0.4, 0.5) is 11.4 Å². The Kier molecular flexibility index (Phi) is 3.61. The molecule has 0 radical (unpaired) electrons. The highest BCUT2D eigenvalue weighted by atomic mass is 35.5. The fraction of sp³-hybridized carbons (Fsp3) is 0.125. The fourth-order valence-corrected chi connectivity index (χ4v) is 2.49. The molecule has 1 aliphatic rings. The molecule has 0 N–H and O–H groups in total. The average Bonchev–Trinajstić information content (AvgIpc) is 2.54. The topological polar surface area (TPSA) is 62.6 Å². The van der Waals surface area contributed by atoms with Crippen LogP contribution < -0.4 is 14.4 Å². The standard InChI is InChI=1S/C16H11ClN2O3/c1-21-14-5-3-11(17)7-13(14)19-12-6-10(8-18)2-4-15(12)22-9-16(19)20/h2-7H,9H2,1H3. The maximum Gasteiger partial charge on any atom is 0.269 e. The SMILES string of the molecule is COc1ccc(Cl)cc1N1C(=O)COc2ccc(C#N)cc21. The summed E-state index contributed by atoms with van der Waals surface area (Å²) in [5.41, 5.74) is 1.44. The normalized spacial score (nSPS) is 13.1. The van der Waals surface area contributed by atoms with Gasteiger partial charge in [-0.1, -0.05) is 11.6 Å². The third kappa shape index (κ3) is 2.34. The van der Waals surface area contributed by atoms with Crippen LogP contribution in [0, 0.1) is 11.3 Å². The van der Waals surface area contributed by atoms with Gasteiger partial charge < -0.3 is 9.47 Å². The highest BCUT2D eigenvalue weighted by molar-refractivity contribution is 6.31. The van der Waals surface area contributed by atoms with Gasteiger partial charge in [0.25, 0.3) is 5.91 Å². The minimum atomic E-state index is -0.261. The Balaban J connectivity index is 2.21. The molecule has 1 heterocycles. The van der Waals surface area contributed by atoms with E-state index < -0.39 is 0 Å². The summed E-state index contributed by atoms with van der Waals surface area (Å²) in [6.45, 7) is -0.0887. The van der Waals surface area contributed by atoms with Gasteiger partial charge in [-0.05, 0) is 36.4 Å². The van der Waals surface area contributed by atoms with Crippen molar-refractivity contribution in [1.82, 2.24) is 0 Å². The van der Waals surface area contributed by atoms with Gasteiger partial charge in [-0.15, -0.1) is 0 Å². The molecule has 2 aromatic rings. The lowest BCUT2D eigenvalue weighted by atomic mass is 10.1. The zero-order chi connectivity index (χ0) is 15.7. The lowest BCUT2D eigenvalue weighted by Gasteiger charge is -2.30. The predicted molar refractivity (Wildman–Crippen MR) is 81.8 cm³/mol. The zero-order valence-electron chi connectivity index (χ0n) is 11.7. The van der Waals surface area contributed by atoms with Gasteiger partial charge in [0.05, 0.1) is 30.1 Å². The summed E-state index contributed by atoms with van der Waals surface area (Å²) in [7, 11) is 1.52. The smallest absolute Gasteiger partial charge is 0.269 e. The maximum atomic E-state index is 12.4. The molecule has 22 heavy (non-hydrogen) atoms. The number of methoxy groups -OCH3 is 1. The minimum Gasteiger partial charge on any atom is -0.495 e. The molecule has 0 atom stereocenters. The van der Waals surface area contributed by atoms with Gasteiger partial charge in [-0.2, -0.15) is 5.26 Å². The second-order valence-corrected chi connectivity index (χ2v) is 5.06. The largest absolute Gasteiger partial charge is 0.495 e. The number of rotatable bonds is 2. The van der Waals surface area contributed by atoms with E-state index in [4.69, 9.17) is 26.3 Å². The van der Waals surface area contributed by atoms with Crippen LogP contribution in [0.5, 0.6) is 11.5 Å². The van der Waals surface area contributed by atoms with Crippen molar-refractivity contribution in [3.63, 3.8) is 0 Å². The van der Waals surface area contributed by atoms with Gasteiger partial charge in [0.15, 0.2) is 6.61 Å². The van der Waals surface area contributed by atoms with Gasteiger partial charge in [-0.3, -0.25) is 9.69 Å². The van der Waals surface area contributed by atoms with Gasteiger partial charge in [0.1, 0.15) is 11.5 Å². The fourth-order valence-electron chi connectivity index (χ4n) is 2.32. The van der Waals surface area contributed by atoms with E-state index >= 15 is 0 Å². The summed E-state index contributed by atoms with van der Waals surface area (Å²) in [5.74, 6) is 0.775. The summed E-state index contributed by atoms with van der Waals surface area (Å²) in [6.07, 6.45) is 0. The molecular weight excluding hydrogens is 304 g/mol. The first-order valence-corrected chi connectivity index (χ1v) is 6.85. The van der Waals surface area contributed by atoms with E-state index in [-0.39, 0.29) is 12.5 Å². The van der Waals surface area contributed by atoms with Gasteiger partial charge in [-0.25, -0.2) is 0 Å². The number of fused-ring (bicyclic) bond motifs is 1. The van der Waals surface area contributed by atoms with Crippen LogP contribution in [0.2, 0.25) is 5.02 Å². The predicted octanol–water partition coefficient (Wildman–Crippen LogP) is 3.28. The molecule has 0 unspecified atom stereocenters. The molecule has 0 aliphatic carbocycles. The average molecular weight is 315 g/mol. The summed E-state index contributed by atoms with van der Waals surface area (Å²) in [6, 6.07) is 12.0. The van der Waals surface area contributed by atoms with E-state index in [0.717, 1.165) is 0 Å². The molecule has 110 valence electrons. The van der Waals surface area contributed by atoms with E-state index in [1.807, 2.05) is 0 Å². The molecule has 0 saturated carbocycles. The van der Waals surface area contributed by atoms with Crippen LogP contribution in [-0.4, -0.2) is 19.6 Å². The van der Waals surface area contributed by atoms with Crippen LogP contribution in [0.1, 0.15) is 5.56 Å². The van der Waals surface area contributed by atoms with Crippen LogP contribution in [0.3, 0.4) is 0 Å². The molecule has 0 aromatic heterocycles. The van der Waals surface area contributed by atoms with Crippen molar-refractivity contribution in [2.45, 2.75) is 0 Å². The molecule has 6 heteroatoms. The Morgan fingerprint density at radius 1 is 1.27 bits per heavy atom. The Hall–Kier alpha value is -2.71. The van der Waals surface area contributed by atoms with Gasteiger partial charge in [0.2, 0.25) is 0 Å². The first kappa shape index (κ1) is 14.2. The number of ether oxygens (including phenoxy) is 2. The number of anilines is 2. The summed E-state index contributed by atoms with van der Waals surface area (Å²) in [4.78, 5) is 13.8. The number of hydrogen-bond donors (Lipinski definition) is 0. The monoisotopic (exact) mass is 314 g/mol. The Labute approximate surface area is 132 Å². The molecule has 1 amide bonds. The first-order chi connectivity index (χ1) is 10.6. The molecule has 0 saturated heterocycles. The van der Waals surface area contributed by atoms with Crippen molar-refractivity contribution in [1.29, 1.82) is 5.26 Å². The molecule has 0 spiro atoms. The minimum absolute atomic E-state index is 0.0887. The van der Waals surface area contributed by atoms with Crippen molar-refractivity contribution >= 4 is 28.9 Å². The summed E-state index contributed by atoms with van der Waals surface area (Å²) in [5, 5.41) is 9.55. The second-order valence-electron chi connectivity index (χ2n) is 4.63. The number of benzene rings is 2. The molecule has 3 rings (SSSR count). The quantitative estimate of drug-likeness (QED) is 0.853. The van der Waals surface area contributed by atoms with Crippen LogP contribution >= 0.6 is 11.6 Å². The number of nitriles is 1. The second kappa shape index (κ2) is 5.58. The van der Waals surface area contributed by atoms with Gasteiger partial charge >= 0.3 is 0 Å². The van der Waals surface area contributed by atoms with Crippen molar-refractivity contribution < 1.29 is 14.3 Å². The Bertz CT molecular complexity index is 798. The van der Waals surface area contributed by atoms with Gasteiger partial charge in [0, 0.05) is 5.02 Å². The van der Waals surface area contributed by atoms with E-state index in [0.29, 0.717) is 33.5 Å². The van der Waals surface area contributed by atoms with E-state index in [2.05, 4.69) is 6.07 Å². The lowest BCUT2D eigenvalue weighted by molar-refractivity contribution is -0.120. The number of carbonyl (C=O) groups is 1. The van der Waals surface area contributed by atoms with Crippen LogP contribution in [-0.2, 0) is 4.79 Å². The van der Waals surface area contributed by atoms with Crippen LogP contribution in [0.25, 0.3) is 0 Å². The number of halogens is 1. The number of hydrogen-bond acceptors (Lipinski definition) is 4. The third-order valence-electron chi connectivity index (χ3n) is 3.31. The number of carbonyl (C=O) groups excluding carboxylic acids is 1. The molecule has 0 bridgehead atoms. The maximum absolute atomic E-state index is 12.4. The third-order valence-corrected chi connectivity index (χ3v) is 3.55. The van der Waals surface area contributed by atoms with Crippen molar-refractivity contribution in [3.8, 4) is 17.6 Å². The lowest BCUT2D eigenvalue weighted by Crippen LogP contribution is -2.35. The summed E-state index contributed by atoms with van der Waals surface area (Å²) < 4.78 is 10.7. The zero-order valence-corrected chi connectivity index (χ0v) is 12.4. The van der Waals surface area contributed by atoms with Crippen molar-refractivity contribution in [2.24, 2.45) is 0 Å². The number of nitrogens with zero attached hydrogens (tertiary/aromatic N) is 2. The number of amides is 1.